The molecule has 1 aromatic heterocycles. The maximum absolute atomic E-state index is 13.5. The largest absolute Gasteiger partial charge is 0.493 e. The lowest BCUT2D eigenvalue weighted by molar-refractivity contribution is 0.176. The summed E-state index contributed by atoms with van der Waals surface area (Å²) in [6.07, 6.45) is 5.40. The fourth-order valence-electron chi connectivity index (χ4n) is 3.97. The number of benzene rings is 1. The minimum atomic E-state index is -0.322. The maximum atomic E-state index is 13.5. The van der Waals surface area contributed by atoms with Crippen LogP contribution in [-0.4, -0.2) is 40.4 Å². The first-order valence-corrected chi connectivity index (χ1v) is 9.57. The number of aryl methyl sites for hydroxylation is 1. The fourth-order valence-corrected chi connectivity index (χ4v) is 3.97. The predicted molar refractivity (Wildman–Crippen MR) is 99.2 cm³/mol. The van der Waals surface area contributed by atoms with E-state index < -0.39 is 0 Å². The average molecular weight is 372 g/mol. The van der Waals surface area contributed by atoms with Crippen LogP contribution in [0.4, 0.5) is 9.18 Å². The topological polar surface area (TPSA) is 59.4 Å². The number of likely N-dealkylation sites (tertiary alicyclic amines) is 1. The molecule has 144 valence electrons. The number of halogens is 1. The van der Waals surface area contributed by atoms with Crippen LogP contribution in [0.2, 0.25) is 0 Å². The molecular formula is C20H25FN4O2. The number of urea groups is 1. The normalized spacial score (nSPS) is 20.5. The monoisotopic (exact) mass is 372 g/mol. The van der Waals surface area contributed by atoms with Gasteiger partial charge >= 0.3 is 6.03 Å². The number of nitrogens with zero attached hydrogens (tertiary/aromatic N) is 3. The number of amides is 2. The van der Waals surface area contributed by atoms with Gasteiger partial charge in [-0.05, 0) is 37.8 Å². The van der Waals surface area contributed by atoms with E-state index >= 15 is 0 Å². The highest BCUT2D eigenvalue weighted by Crippen LogP contribution is 2.33. The second-order valence-electron chi connectivity index (χ2n) is 7.35. The number of carbonyl (C=O) groups is 1. The van der Waals surface area contributed by atoms with Gasteiger partial charge in [0.15, 0.2) is 0 Å². The van der Waals surface area contributed by atoms with Crippen LogP contribution in [-0.2, 0) is 7.05 Å². The van der Waals surface area contributed by atoms with Gasteiger partial charge in [-0.25, -0.2) is 9.18 Å². The maximum Gasteiger partial charge on any atom is 0.317 e. The van der Waals surface area contributed by atoms with Crippen molar-refractivity contribution in [3.8, 4) is 5.75 Å². The first-order chi connectivity index (χ1) is 13.1. The van der Waals surface area contributed by atoms with Gasteiger partial charge in [0, 0.05) is 43.9 Å². The zero-order valence-electron chi connectivity index (χ0n) is 15.5. The van der Waals surface area contributed by atoms with E-state index in [0.29, 0.717) is 31.4 Å². The molecule has 2 aliphatic heterocycles. The smallest absolute Gasteiger partial charge is 0.317 e. The Hall–Kier alpha value is -2.57. The third kappa shape index (κ3) is 3.91. The highest BCUT2D eigenvalue weighted by Gasteiger charge is 2.28. The van der Waals surface area contributed by atoms with Gasteiger partial charge in [-0.15, -0.1) is 0 Å². The molecule has 0 aliphatic carbocycles. The van der Waals surface area contributed by atoms with Gasteiger partial charge in [-0.1, -0.05) is 6.07 Å². The zero-order valence-corrected chi connectivity index (χ0v) is 15.5. The number of fused-ring (bicyclic) bond motifs is 1. The lowest BCUT2D eigenvalue weighted by Gasteiger charge is -2.32. The van der Waals surface area contributed by atoms with E-state index in [2.05, 4.69) is 16.5 Å². The van der Waals surface area contributed by atoms with Crippen molar-refractivity contribution in [3.63, 3.8) is 0 Å². The number of ether oxygens (including phenoxy) is 1. The summed E-state index contributed by atoms with van der Waals surface area (Å²) in [4.78, 5) is 14.7. The van der Waals surface area contributed by atoms with Crippen LogP contribution in [0.1, 0.15) is 48.9 Å². The number of nitrogens with one attached hydrogen (secondary N) is 1. The molecule has 0 bridgehead atoms. The highest BCUT2D eigenvalue weighted by atomic mass is 19.1. The first-order valence-electron chi connectivity index (χ1n) is 9.57. The second-order valence-corrected chi connectivity index (χ2v) is 7.35. The quantitative estimate of drug-likeness (QED) is 0.879. The van der Waals surface area contributed by atoms with Gasteiger partial charge in [-0.3, -0.25) is 4.68 Å². The molecule has 0 radical (unpaired) electrons. The Labute approximate surface area is 158 Å². The molecule has 4 rings (SSSR count). The Bertz CT molecular complexity index is 814. The van der Waals surface area contributed by atoms with Gasteiger partial charge in [0.1, 0.15) is 11.6 Å². The van der Waals surface area contributed by atoms with Gasteiger partial charge in [-0.2, -0.15) is 5.10 Å². The molecule has 2 aliphatic rings. The summed E-state index contributed by atoms with van der Waals surface area (Å²) in [6, 6.07) is 6.39. The van der Waals surface area contributed by atoms with Crippen LogP contribution in [0, 0.1) is 5.82 Å². The van der Waals surface area contributed by atoms with Crippen molar-refractivity contribution in [2.24, 2.45) is 7.05 Å². The SMILES string of the molecule is Cn1ccc(C2CCN(C(=O)NC3CCCOc4cc(F)ccc43)CC2)n1. The lowest BCUT2D eigenvalue weighted by Crippen LogP contribution is -2.45. The predicted octanol–water partition coefficient (Wildman–Crippen LogP) is 3.36. The lowest BCUT2D eigenvalue weighted by atomic mass is 9.94. The number of hydrogen-bond acceptors (Lipinski definition) is 3. The van der Waals surface area contributed by atoms with E-state index in [1.54, 1.807) is 6.07 Å². The summed E-state index contributed by atoms with van der Waals surface area (Å²) in [5, 5.41) is 7.62. The summed E-state index contributed by atoms with van der Waals surface area (Å²) in [7, 11) is 1.92. The van der Waals surface area contributed by atoms with E-state index in [-0.39, 0.29) is 17.9 Å². The van der Waals surface area contributed by atoms with Crippen molar-refractivity contribution in [1.29, 1.82) is 0 Å². The molecule has 1 atom stereocenters. The van der Waals surface area contributed by atoms with E-state index in [1.807, 2.05) is 22.8 Å². The van der Waals surface area contributed by atoms with Crippen LogP contribution < -0.4 is 10.1 Å². The third-order valence-corrected chi connectivity index (χ3v) is 5.48. The molecule has 1 N–H and O–H groups in total. The third-order valence-electron chi connectivity index (χ3n) is 5.48. The standard InChI is InChI=1S/C20H25FN4O2/c1-24-9-8-17(23-24)14-6-10-25(11-7-14)20(26)22-18-3-2-12-27-19-13-15(21)4-5-16(18)19/h4-5,8-9,13-14,18H,2-3,6-7,10-12H2,1H3,(H,22,26). The molecular weight excluding hydrogens is 347 g/mol. The number of carbonyl (C=O) groups excluding carboxylic acids is 1. The summed E-state index contributed by atoms with van der Waals surface area (Å²) >= 11 is 0. The van der Waals surface area contributed by atoms with Crippen molar-refractivity contribution >= 4 is 6.03 Å². The molecule has 0 spiro atoms. The molecule has 27 heavy (non-hydrogen) atoms. The number of hydrogen-bond donors (Lipinski definition) is 1. The van der Waals surface area contributed by atoms with Crippen molar-refractivity contribution in [1.82, 2.24) is 20.0 Å². The molecule has 2 amide bonds. The highest BCUT2D eigenvalue weighted by molar-refractivity contribution is 5.75. The summed E-state index contributed by atoms with van der Waals surface area (Å²) in [5.74, 6) is 0.620. The molecule has 6 nitrogen and oxygen atoms in total. The van der Waals surface area contributed by atoms with E-state index in [9.17, 15) is 9.18 Å². The Morgan fingerprint density at radius 2 is 2.07 bits per heavy atom. The van der Waals surface area contributed by atoms with Crippen LogP contribution in [0.25, 0.3) is 0 Å². The van der Waals surface area contributed by atoms with Crippen LogP contribution in [0.15, 0.2) is 30.5 Å². The Morgan fingerprint density at radius 1 is 1.26 bits per heavy atom. The average Bonchev–Trinajstić information content (AvgIpc) is 3.01. The molecule has 1 unspecified atom stereocenters. The Balaban J connectivity index is 1.38. The molecule has 1 fully saturated rings. The van der Waals surface area contributed by atoms with Crippen LogP contribution in [0.5, 0.6) is 5.75 Å². The molecule has 1 saturated heterocycles. The van der Waals surface area contributed by atoms with Crippen molar-refractivity contribution < 1.29 is 13.9 Å². The number of aromatic nitrogens is 2. The van der Waals surface area contributed by atoms with Gasteiger partial charge in [0.05, 0.1) is 18.3 Å². The minimum Gasteiger partial charge on any atom is -0.493 e. The zero-order chi connectivity index (χ0) is 18.8. The van der Waals surface area contributed by atoms with Crippen molar-refractivity contribution in [2.75, 3.05) is 19.7 Å². The van der Waals surface area contributed by atoms with Gasteiger partial charge < -0.3 is 15.0 Å². The molecule has 3 heterocycles. The molecule has 0 saturated carbocycles. The van der Waals surface area contributed by atoms with Crippen LogP contribution in [0.3, 0.4) is 0 Å². The first kappa shape index (κ1) is 17.8. The van der Waals surface area contributed by atoms with Gasteiger partial charge in [0.2, 0.25) is 0 Å². The summed E-state index contributed by atoms with van der Waals surface area (Å²) < 4.78 is 21.0. The minimum absolute atomic E-state index is 0.0587. The van der Waals surface area contributed by atoms with Crippen molar-refractivity contribution in [2.45, 2.75) is 37.6 Å². The summed E-state index contributed by atoms with van der Waals surface area (Å²) in [6.45, 7) is 1.97. The Kier molecular flexibility index (Phi) is 5.01. The molecule has 2 aromatic rings. The number of rotatable bonds is 2. The van der Waals surface area contributed by atoms with Crippen molar-refractivity contribution in [3.05, 3.63) is 47.5 Å². The number of piperidine rings is 1. The fraction of sp³-hybridized carbons (Fsp3) is 0.500. The van der Waals surface area contributed by atoms with E-state index in [1.165, 1.54) is 12.1 Å². The Morgan fingerprint density at radius 3 is 2.81 bits per heavy atom. The molecule has 1 aromatic carbocycles. The second kappa shape index (κ2) is 7.58. The van der Waals surface area contributed by atoms with Crippen LogP contribution >= 0.6 is 0 Å². The van der Waals surface area contributed by atoms with Gasteiger partial charge in [0.25, 0.3) is 0 Å². The molecule has 7 heteroatoms. The van der Waals surface area contributed by atoms with E-state index in [0.717, 1.165) is 36.9 Å². The summed E-state index contributed by atoms with van der Waals surface area (Å²) in [5.41, 5.74) is 1.96. The van der Waals surface area contributed by atoms with E-state index in [4.69, 9.17) is 4.74 Å².